The van der Waals surface area contributed by atoms with E-state index < -0.39 is 10.0 Å². The number of sulfonamides is 1. The van der Waals surface area contributed by atoms with Gasteiger partial charge in [0.25, 0.3) is 10.0 Å². The molecule has 1 aliphatic heterocycles. The Morgan fingerprint density at radius 2 is 1.78 bits per heavy atom. The van der Waals surface area contributed by atoms with Gasteiger partial charge in [0.2, 0.25) is 0 Å². The SMILES string of the molecule is O=S(=O)(Nc1cc(Cl)ccc1Cl)c1ccc2c(c1)[C@H]1C=CC[C@H]1[C@@H](c1ccc(F)cc1)N2. The number of fused-ring (bicyclic) bond motifs is 3. The van der Waals surface area contributed by atoms with E-state index >= 15 is 0 Å². The van der Waals surface area contributed by atoms with E-state index in [4.69, 9.17) is 23.2 Å². The summed E-state index contributed by atoms with van der Waals surface area (Å²) < 4.78 is 42.1. The molecule has 4 nitrogen and oxygen atoms in total. The molecule has 0 radical (unpaired) electrons. The monoisotopic (exact) mass is 488 g/mol. The number of nitrogens with one attached hydrogen (secondary N) is 2. The lowest BCUT2D eigenvalue weighted by Crippen LogP contribution is -2.29. The third-order valence-corrected chi connectivity index (χ3v) is 7.97. The Labute approximate surface area is 196 Å². The Morgan fingerprint density at radius 1 is 1.00 bits per heavy atom. The van der Waals surface area contributed by atoms with Gasteiger partial charge in [0.15, 0.2) is 0 Å². The van der Waals surface area contributed by atoms with Crippen LogP contribution in [0.25, 0.3) is 0 Å². The molecule has 0 amide bonds. The first-order chi connectivity index (χ1) is 15.3. The second kappa shape index (κ2) is 8.10. The van der Waals surface area contributed by atoms with Gasteiger partial charge in [-0.15, -0.1) is 0 Å². The molecular weight excluding hydrogens is 470 g/mol. The summed E-state index contributed by atoms with van der Waals surface area (Å²) in [6, 6.07) is 16.2. The minimum absolute atomic E-state index is 0.00829. The normalized spacial score (nSPS) is 21.5. The highest BCUT2D eigenvalue weighted by atomic mass is 35.5. The number of allylic oxidation sites excluding steroid dienone is 2. The summed E-state index contributed by atoms with van der Waals surface area (Å²) in [5.74, 6) is 0.000622. The quantitative estimate of drug-likeness (QED) is 0.398. The van der Waals surface area contributed by atoms with Crippen LogP contribution in [-0.4, -0.2) is 8.42 Å². The fourth-order valence-corrected chi connectivity index (χ4v) is 6.02. The fraction of sp³-hybridized carbons (Fsp3) is 0.167. The van der Waals surface area contributed by atoms with E-state index in [-0.39, 0.29) is 39.3 Å². The van der Waals surface area contributed by atoms with Crippen LogP contribution in [0.1, 0.15) is 29.5 Å². The number of hydrogen-bond donors (Lipinski definition) is 2. The first-order valence-electron chi connectivity index (χ1n) is 10.1. The minimum Gasteiger partial charge on any atom is -0.378 e. The Kier molecular flexibility index (Phi) is 5.40. The first kappa shape index (κ1) is 21.3. The van der Waals surface area contributed by atoms with E-state index in [2.05, 4.69) is 22.2 Å². The summed E-state index contributed by atoms with van der Waals surface area (Å²) in [5, 5.41) is 4.18. The molecule has 3 aromatic carbocycles. The lowest BCUT2D eigenvalue weighted by Gasteiger charge is -2.37. The van der Waals surface area contributed by atoms with Gasteiger partial charge in [0.1, 0.15) is 5.82 Å². The van der Waals surface area contributed by atoms with Crippen LogP contribution in [0.5, 0.6) is 0 Å². The Morgan fingerprint density at radius 3 is 2.56 bits per heavy atom. The maximum absolute atomic E-state index is 13.4. The zero-order valence-electron chi connectivity index (χ0n) is 16.7. The molecule has 2 aliphatic rings. The maximum Gasteiger partial charge on any atom is 0.261 e. The second-order valence-corrected chi connectivity index (χ2v) is 10.5. The zero-order chi connectivity index (χ0) is 22.5. The van der Waals surface area contributed by atoms with Gasteiger partial charge in [-0.05, 0) is 72.0 Å². The van der Waals surface area contributed by atoms with Crippen molar-refractivity contribution in [2.24, 2.45) is 5.92 Å². The summed E-state index contributed by atoms with van der Waals surface area (Å²) in [7, 11) is -3.87. The summed E-state index contributed by atoms with van der Waals surface area (Å²) in [6.45, 7) is 0. The van der Waals surface area contributed by atoms with Crippen molar-refractivity contribution >= 4 is 44.6 Å². The van der Waals surface area contributed by atoms with Crippen LogP contribution in [0.15, 0.2) is 77.7 Å². The lowest BCUT2D eigenvalue weighted by molar-refractivity contribution is 0.424. The van der Waals surface area contributed by atoms with Crippen LogP contribution in [0.3, 0.4) is 0 Å². The molecule has 0 saturated heterocycles. The van der Waals surface area contributed by atoms with Crippen LogP contribution in [-0.2, 0) is 10.0 Å². The standard InChI is InChI=1S/C24H19Cl2FN2O2S/c25-15-6-10-21(26)23(12-15)29-32(30,31)17-9-11-22-20(13-17)18-2-1-3-19(18)24(28-22)14-4-7-16(27)8-5-14/h1-2,4-13,18-19,24,28-29H,3H2/t18-,19+,24+/m0/s1. The minimum atomic E-state index is -3.87. The first-order valence-corrected chi connectivity index (χ1v) is 12.4. The second-order valence-electron chi connectivity index (χ2n) is 8.01. The number of rotatable bonds is 4. The molecule has 2 N–H and O–H groups in total. The van der Waals surface area contributed by atoms with Gasteiger partial charge in [0, 0.05) is 16.6 Å². The highest BCUT2D eigenvalue weighted by molar-refractivity contribution is 7.92. The number of halogens is 3. The number of anilines is 2. The Bertz CT molecular complexity index is 1330. The van der Waals surface area contributed by atoms with Crippen molar-refractivity contribution in [1.82, 2.24) is 0 Å². The molecule has 0 bridgehead atoms. The van der Waals surface area contributed by atoms with Crippen LogP contribution < -0.4 is 10.0 Å². The molecule has 3 atom stereocenters. The van der Waals surface area contributed by atoms with Crippen molar-refractivity contribution in [2.45, 2.75) is 23.3 Å². The lowest BCUT2D eigenvalue weighted by atomic mass is 9.77. The van der Waals surface area contributed by atoms with Crippen LogP contribution in [0.2, 0.25) is 10.0 Å². The van der Waals surface area contributed by atoms with Crippen molar-refractivity contribution in [1.29, 1.82) is 0 Å². The van der Waals surface area contributed by atoms with Crippen LogP contribution in [0.4, 0.5) is 15.8 Å². The van der Waals surface area contributed by atoms with E-state index in [9.17, 15) is 12.8 Å². The molecule has 3 aromatic rings. The van der Waals surface area contributed by atoms with E-state index in [0.29, 0.717) is 5.02 Å². The largest absolute Gasteiger partial charge is 0.378 e. The topological polar surface area (TPSA) is 58.2 Å². The van der Waals surface area contributed by atoms with Gasteiger partial charge in [-0.2, -0.15) is 0 Å². The van der Waals surface area contributed by atoms with Crippen molar-refractivity contribution in [3.8, 4) is 0 Å². The molecule has 8 heteroatoms. The van der Waals surface area contributed by atoms with Crippen molar-refractivity contribution in [3.63, 3.8) is 0 Å². The Balaban J connectivity index is 1.49. The molecule has 32 heavy (non-hydrogen) atoms. The zero-order valence-corrected chi connectivity index (χ0v) is 19.1. The molecule has 1 aliphatic carbocycles. The molecule has 0 spiro atoms. The Hall–Kier alpha value is -2.54. The van der Waals surface area contributed by atoms with Gasteiger partial charge in [-0.1, -0.05) is 47.5 Å². The predicted octanol–water partition coefficient (Wildman–Crippen LogP) is 6.76. The highest BCUT2D eigenvalue weighted by Gasteiger charge is 2.38. The molecule has 0 saturated carbocycles. The average molecular weight is 489 g/mol. The predicted molar refractivity (Wildman–Crippen MR) is 126 cm³/mol. The summed E-state index contributed by atoms with van der Waals surface area (Å²) in [4.78, 5) is 0.147. The van der Waals surface area contributed by atoms with Crippen molar-refractivity contribution in [2.75, 3.05) is 10.0 Å². The van der Waals surface area contributed by atoms with E-state index in [1.807, 2.05) is 0 Å². The molecule has 1 heterocycles. The van der Waals surface area contributed by atoms with Gasteiger partial charge in [-0.25, -0.2) is 12.8 Å². The summed E-state index contributed by atoms with van der Waals surface area (Å²) in [6.07, 6.45) is 5.10. The van der Waals surface area contributed by atoms with Gasteiger partial charge < -0.3 is 5.32 Å². The maximum atomic E-state index is 13.4. The molecule has 0 fully saturated rings. The van der Waals surface area contributed by atoms with Crippen molar-refractivity contribution in [3.05, 3.63) is 99.8 Å². The van der Waals surface area contributed by atoms with Gasteiger partial charge in [0.05, 0.1) is 21.6 Å². The van der Waals surface area contributed by atoms with Crippen LogP contribution in [0, 0.1) is 11.7 Å². The summed E-state index contributed by atoms with van der Waals surface area (Å²) >= 11 is 12.1. The number of benzene rings is 3. The van der Waals surface area contributed by atoms with Gasteiger partial charge >= 0.3 is 0 Å². The molecule has 0 unspecified atom stereocenters. The smallest absolute Gasteiger partial charge is 0.261 e. The van der Waals surface area contributed by atoms with Crippen LogP contribution >= 0.6 is 23.2 Å². The molecule has 164 valence electrons. The third kappa shape index (κ3) is 3.87. The van der Waals surface area contributed by atoms with E-state index in [1.54, 1.807) is 42.5 Å². The van der Waals surface area contributed by atoms with E-state index in [1.165, 1.54) is 18.2 Å². The highest BCUT2D eigenvalue weighted by Crippen LogP contribution is 2.50. The van der Waals surface area contributed by atoms with E-state index in [0.717, 1.165) is 23.2 Å². The summed E-state index contributed by atoms with van der Waals surface area (Å²) in [5.41, 5.74) is 3.02. The number of hydrogen-bond acceptors (Lipinski definition) is 3. The fourth-order valence-electron chi connectivity index (χ4n) is 4.52. The third-order valence-electron chi connectivity index (χ3n) is 6.05. The van der Waals surface area contributed by atoms with Gasteiger partial charge in [-0.3, -0.25) is 4.72 Å². The van der Waals surface area contributed by atoms with Crippen molar-refractivity contribution < 1.29 is 12.8 Å². The average Bonchev–Trinajstić information content (AvgIpc) is 3.26. The molecule has 0 aromatic heterocycles. The molecular formula is C24H19Cl2FN2O2S. The molecule has 5 rings (SSSR count).